The van der Waals surface area contributed by atoms with Crippen molar-refractivity contribution in [2.75, 3.05) is 24.8 Å². The molecule has 0 unspecified atom stereocenters. The molecule has 0 aliphatic carbocycles. The van der Waals surface area contributed by atoms with Gasteiger partial charge in [-0.1, -0.05) is 6.58 Å². The zero-order valence-corrected chi connectivity index (χ0v) is 12.4. The molecule has 1 aromatic heterocycles. The van der Waals surface area contributed by atoms with Crippen molar-refractivity contribution in [3.63, 3.8) is 0 Å². The van der Waals surface area contributed by atoms with Gasteiger partial charge in [-0.3, -0.25) is 0 Å². The van der Waals surface area contributed by atoms with E-state index in [0.29, 0.717) is 29.8 Å². The largest absolute Gasteiger partial charge is 0.385 e. The minimum absolute atomic E-state index is 0.132. The number of hydrogen-bond donors (Lipinski definition) is 5. The van der Waals surface area contributed by atoms with E-state index in [-0.39, 0.29) is 11.9 Å². The molecule has 9 nitrogen and oxygen atoms in total. The molecule has 0 bridgehead atoms. The number of hydrogen-bond acceptors (Lipinski definition) is 9. The molecule has 9 heteroatoms. The SMILES string of the molecule is C=C(/N=C(C)\C=C(/N)Nc1nc(C)nc(N)n1)NCNC. The van der Waals surface area contributed by atoms with Gasteiger partial charge in [-0.05, 0) is 27.0 Å². The van der Waals surface area contributed by atoms with Crippen LogP contribution in [-0.4, -0.2) is 34.4 Å². The number of allylic oxidation sites excluding steroid dienone is 1. The second-order valence-electron chi connectivity index (χ2n) is 4.20. The predicted molar refractivity (Wildman–Crippen MR) is 84.2 cm³/mol. The smallest absolute Gasteiger partial charge is 0.233 e. The van der Waals surface area contributed by atoms with Crippen molar-refractivity contribution >= 4 is 17.6 Å². The van der Waals surface area contributed by atoms with Crippen LogP contribution in [0.2, 0.25) is 0 Å². The third-order valence-electron chi connectivity index (χ3n) is 2.17. The lowest BCUT2D eigenvalue weighted by Gasteiger charge is -2.07. The minimum Gasteiger partial charge on any atom is -0.385 e. The number of nitrogens with zero attached hydrogens (tertiary/aromatic N) is 4. The highest BCUT2D eigenvalue weighted by Gasteiger charge is 2.02. The van der Waals surface area contributed by atoms with E-state index in [1.807, 2.05) is 7.05 Å². The number of nitrogens with one attached hydrogen (secondary N) is 3. The van der Waals surface area contributed by atoms with Gasteiger partial charge >= 0.3 is 0 Å². The van der Waals surface area contributed by atoms with E-state index in [2.05, 4.69) is 42.5 Å². The van der Waals surface area contributed by atoms with Crippen LogP contribution >= 0.6 is 0 Å². The molecule has 7 N–H and O–H groups in total. The van der Waals surface area contributed by atoms with Gasteiger partial charge in [0.05, 0.1) is 6.67 Å². The van der Waals surface area contributed by atoms with Crippen LogP contribution in [0.25, 0.3) is 0 Å². The number of aryl methyl sites for hydroxylation is 1. The Morgan fingerprint density at radius 3 is 2.71 bits per heavy atom. The molecule has 0 aromatic carbocycles. The zero-order valence-electron chi connectivity index (χ0n) is 12.4. The highest BCUT2D eigenvalue weighted by Crippen LogP contribution is 2.03. The number of nitrogen functional groups attached to an aromatic ring is 1. The Hall–Kier alpha value is -2.68. The van der Waals surface area contributed by atoms with E-state index < -0.39 is 0 Å². The molecule has 0 fully saturated rings. The van der Waals surface area contributed by atoms with Crippen LogP contribution in [0.3, 0.4) is 0 Å². The number of rotatable bonds is 7. The van der Waals surface area contributed by atoms with Gasteiger partial charge in [-0.2, -0.15) is 15.0 Å². The molecule has 0 atom stereocenters. The maximum atomic E-state index is 5.85. The predicted octanol–water partition coefficient (Wildman–Crippen LogP) is -0.327. The fourth-order valence-electron chi connectivity index (χ4n) is 1.42. The first-order valence-corrected chi connectivity index (χ1v) is 6.25. The number of anilines is 2. The fourth-order valence-corrected chi connectivity index (χ4v) is 1.42. The zero-order chi connectivity index (χ0) is 15.8. The Bertz CT molecular complexity index is 542. The van der Waals surface area contributed by atoms with Crippen LogP contribution in [0.4, 0.5) is 11.9 Å². The molecule has 114 valence electrons. The van der Waals surface area contributed by atoms with E-state index in [1.165, 1.54) is 0 Å². The first-order valence-electron chi connectivity index (χ1n) is 6.25. The molecule has 21 heavy (non-hydrogen) atoms. The Labute approximate surface area is 123 Å². The van der Waals surface area contributed by atoms with Gasteiger partial charge in [-0.25, -0.2) is 4.99 Å². The van der Waals surface area contributed by atoms with Crippen molar-refractivity contribution in [3.05, 3.63) is 30.1 Å². The monoisotopic (exact) mass is 291 g/mol. The van der Waals surface area contributed by atoms with Gasteiger partial charge in [0, 0.05) is 5.71 Å². The van der Waals surface area contributed by atoms with Gasteiger partial charge in [0.1, 0.15) is 17.5 Å². The molecule has 0 saturated carbocycles. The Morgan fingerprint density at radius 1 is 1.38 bits per heavy atom. The highest BCUT2D eigenvalue weighted by atomic mass is 15.2. The van der Waals surface area contributed by atoms with Gasteiger partial charge in [-0.15, -0.1) is 0 Å². The van der Waals surface area contributed by atoms with E-state index in [1.54, 1.807) is 19.9 Å². The third-order valence-corrected chi connectivity index (χ3v) is 2.17. The first kappa shape index (κ1) is 16.4. The van der Waals surface area contributed by atoms with Gasteiger partial charge < -0.3 is 27.4 Å². The molecule has 1 aromatic rings. The summed E-state index contributed by atoms with van der Waals surface area (Å²) in [7, 11) is 1.82. The van der Waals surface area contributed by atoms with Crippen LogP contribution < -0.4 is 27.4 Å². The summed E-state index contributed by atoms with van der Waals surface area (Å²) in [5.74, 6) is 1.79. The molecule has 0 radical (unpaired) electrons. The molecule has 1 heterocycles. The molecule has 0 aliphatic heterocycles. The summed E-state index contributed by atoms with van der Waals surface area (Å²) in [5, 5.41) is 8.72. The van der Waals surface area contributed by atoms with Crippen LogP contribution in [0.15, 0.2) is 29.3 Å². The van der Waals surface area contributed by atoms with Crippen molar-refractivity contribution in [3.8, 4) is 0 Å². The lowest BCUT2D eigenvalue weighted by Crippen LogP contribution is -2.24. The van der Waals surface area contributed by atoms with Crippen LogP contribution in [0, 0.1) is 6.92 Å². The van der Waals surface area contributed by atoms with Crippen LogP contribution in [0.5, 0.6) is 0 Å². The van der Waals surface area contributed by atoms with Crippen molar-refractivity contribution in [1.82, 2.24) is 25.6 Å². The number of aromatic nitrogens is 3. The molecular formula is C12H21N9. The summed E-state index contributed by atoms with van der Waals surface area (Å²) >= 11 is 0. The number of aliphatic imine (C=N–C) groups is 1. The van der Waals surface area contributed by atoms with E-state index in [0.717, 1.165) is 0 Å². The van der Waals surface area contributed by atoms with Crippen molar-refractivity contribution < 1.29 is 0 Å². The number of nitrogens with two attached hydrogens (primary N) is 2. The third kappa shape index (κ3) is 6.34. The summed E-state index contributed by atoms with van der Waals surface area (Å²) in [6.07, 6.45) is 1.64. The van der Waals surface area contributed by atoms with E-state index in [4.69, 9.17) is 11.5 Å². The summed E-state index contributed by atoms with van der Waals surface area (Å²) in [4.78, 5) is 16.1. The summed E-state index contributed by atoms with van der Waals surface area (Å²) < 4.78 is 0. The molecule has 0 saturated heterocycles. The fraction of sp³-hybridized carbons (Fsp3) is 0.333. The average molecular weight is 291 g/mol. The molecule has 0 spiro atoms. The van der Waals surface area contributed by atoms with Crippen molar-refractivity contribution in [2.24, 2.45) is 10.7 Å². The highest BCUT2D eigenvalue weighted by molar-refractivity contribution is 5.94. The summed E-state index contributed by atoms with van der Waals surface area (Å²) in [6, 6.07) is 0. The maximum Gasteiger partial charge on any atom is 0.233 e. The van der Waals surface area contributed by atoms with Crippen LogP contribution in [0.1, 0.15) is 12.7 Å². The second kappa shape index (κ2) is 7.80. The minimum atomic E-state index is 0.132. The lowest BCUT2D eigenvalue weighted by molar-refractivity contribution is 0.704. The topological polar surface area (TPSA) is 139 Å². The average Bonchev–Trinajstić information content (AvgIpc) is 2.34. The molecule has 1 rings (SSSR count). The second-order valence-corrected chi connectivity index (χ2v) is 4.20. The van der Waals surface area contributed by atoms with E-state index >= 15 is 0 Å². The van der Waals surface area contributed by atoms with Crippen LogP contribution in [-0.2, 0) is 0 Å². The van der Waals surface area contributed by atoms with Crippen molar-refractivity contribution in [2.45, 2.75) is 13.8 Å². The quantitative estimate of drug-likeness (QED) is 0.340. The van der Waals surface area contributed by atoms with Gasteiger partial charge in [0.25, 0.3) is 0 Å². The van der Waals surface area contributed by atoms with Gasteiger partial charge in [0.2, 0.25) is 11.9 Å². The molecule has 0 amide bonds. The summed E-state index contributed by atoms with van der Waals surface area (Å²) in [5.41, 5.74) is 12.1. The van der Waals surface area contributed by atoms with Gasteiger partial charge in [0.15, 0.2) is 0 Å². The normalized spacial score (nSPS) is 12.1. The lowest BCUT2D eigenvalue weighted by atomic mass is 10.4. The Morgan fingerprint density at radius 2 is 2.10 bits per heavy atom. The Balaban J connectivity index is 2.71. The first-order chi connectivity index (χ1) is 9.90. The molecular weight excluding hydrogens is 270 g/mol. The maximum absolute atomic E-state index is 5.85. The molecule has 0 aliphatic rings. The summed E-state index contributed by atoms with van der Waals surface area (Å²) in [6.45, 7) is 7.86. The Kier molecular flexibility index (Phi) is 6.08. The van der Waals surface area contributed by atoms with E-state index in [9.17, 15) is 0 Å². The van der Waals surface area contributed by atoms with Crippen molar-refractivity contribution in [1.29, 1.82) is 0 Å². The standard InChI is InChI=1S/C12H21N9/c1-7(17-8(2)16-6-15-4)5-10(13)20-12-19-9(3)18-11(14)21-12/h5,15-16H,2,6,13H2,1,3-4H3,(H3,14,18,19,20,21)/b10-5+,17-7-.